The maximum Gasteiger partial charge on any atom is 0.235 e. The van der Waals surface area contributed by atoms with Crippen molar-refractivity contribution in [2.45, 2.75) is 50.4 Å². The van der Waals surface area contributed by atoms with Gasteiger partial charge in [-0.15, -0.1) is 10.2 Å². The minimum atomic E-state index is -0.196. The number of hydrogen-bond donors (Lipinski definition) is 0. The predicted octanol–water partition coefficient (Wildman–Crippen LogP) is 4.85. The molecule has 31 heavy (non-hydrogen) atoms. The Morgan fingerprint density at radius 3 is 2.52 bits per heavy atom. The van der Waals surface area contributed by atoms with Gasteiger partial charge in [0.15, 0.2) is 5.16 Å². The second-order valence-electron chi connectivity index (χ2n) is 8.42. The van der Waals surface area contributed by atoms with Crippen LogP contribution in [0.4, 0.5) is 0 Å². The molecule has 162 valence electrons. The first-order valence-corrected chi connectivity index (χ1v) is 11.9. The first-order chi connectivity index (χ1) is 15.0. The first-order valence-electron chi connectivity index (χ1n) is 11.0. The largest absolute Gasteiger partial charge is 0.342 e. The number of thioether (sulfide) groups is 1. The number of aryl methyl sites for hydroxylation is 2. The van der Waals surface area contributed by atoms with Crippen LogP contribution in [0, 0.1) is 19.8 Å². The fourth-order valence-electron chi connectivity index (χ4n) is 4.25. The molecule has 3 aromatic rings. The van der Waals surface area contributed by atoms with E-state index in [0.29, 0.717) is 5.92 Å². The molecule has 0 saturated carbocycles. The van der Waals surface area contributed by atoms with Crippen molar-refractivity contribution >= 4 is 17.7 Å². The van der Waals surface area contributed by atoms with Crippen LogP contribution in [0.3, 0.4) is 0 Å². The molecule has 1 fully saturated rings. The molecule has 1 aliphatic heterocycles. The average molecular weight is 435 g/mol. The first kappa shape index (κ1) is 21.6. The summed E-state index contributed by atoms with van der Waals surface area (Å²) < 4.78 is 2.04. The third kappa shape index (κ3) is 5.18. The molecule has 0 bridgehead atoms. The van der Waals surface area contributed by atoms with Crippen molar-refractivity contribution in [1.29, 1.82) is 0 Å². The number of rotatable bonds is 6. The van der Waals surface area contributed by atoms with Gasteiger partial charge in [0.2, 0.25) is 5.91 Å². The van der Waals surface area contributed by atoms with Crippen LogP contribution in [0.5, 0.6) is 0 Å². The van der Waals surface area contributed by atoms with Gasteiger partial charge in [-0.1, -0.05) is 54.2 Å². The third-order valence-electron chi connectivity index (χ3n) is 5.98. The maximum atomic E-state index is 13.1. The third-order valence-corrected chi connectivity index (χ3v) is 7.01. The van der Waals surface area contributed by atoms with E-state index >= 15 is 0 Å². The molecule has 4 rings (SSSR count). The summed E-state index contributed by atoms with van der Waals surface area (Å²) in [5.41, 5.74) is 3.61. The van der Waals surface area contributed by atoms with Gasteiger partial charge in [0, 0.05) is 18.8 Å². The quantitative estimate of drug-likeness (QED) is 0.521. The molecule has 1 aromatic heterocycles. The Morgan fingerprint density at radius 1 is 1.06 bits per heavy atom. The lowest BCUT2D eigenvalue weighted by atomic mass is 9.90. The zero-order valence-electron chi connectivity index (χ0n) is 18.5. The number of likely N-dealkylation sites (tertiary alicyclic amines) is 1. The number of piperidine rings is 1. The lowest BCUT2D eigenvalue weighted by Gasteiger charge is -2.33. The normalized spacial score (nSPS) is 15.8. The van der Waals surface area contributed by atoms with Gasteiger partial charge in [0.05, 0.1) is 5.25 Å². The molecule has 0 spiro atoms. The van der Waals surface area contributed by atoms with Gasteiger partial charge < -0.3 is 4.90 Å². The number of aromatic nitrogens is 3. The van der Waals surface area contributed by atoms with E-state index in [2.05, 4.69) is 65.7 Å². The summed E-state index contributed by atoms with van der Waals surface area (Å²) in [5.74, 6) is 1.68. The van der Waals surface area contributed by atoms with Gasteiger partial charge in [-0.3, -0.25) is 9.36 Å². The van der Waals surface area contributed by atoms with Gasteiger partial charge in [-0.25, -0.2) is 0 Å². The summed E-state index contributed by atoms with van der Waals surface area (Å²) in [7, 11) is 0. The van der Waals surface area contributed by atoms with Crippen molar-refractivity contribution in [3.8, 4) is 5.69 Å². The Hall–Kier alpha value is -2.60. The van der Waals surface area contributed by atoms with Crippen LogP contribution in [0.1, 0.15) is 36.7 Å². The minimum absolute atomic E-state index is 0.194. The van der Waals surface area contributed by atoms with E-state index in [4.69, 9.17) is 0 Å². The highest BCUT2D eigenvalue weighted by molar-refractivity contribution is 8.00. The summed E-state index contributed by atoms with van der Waals surface area (Å²) in [6.45, 7) is 7.68. The van der Waals surface area contributed by atoms with Gasteiger partial charge in [-0.05, 0) is 69.2 Å². The van der Waals surface area contributed by atoms with Crippen LogP contribution in [0.2, 0.25) is 0 Å². The van der Waals surface area contributed by atoms with Crippen LogP contribution < -0.4 is 0 Å². The topological polar surface area (TPSA) is 51.0 Å². The molecule has 0 radical (unpaired) electrons. The molecular formula is C25H30N4OS. The van der Waals surface area contributed by atoms with E-state index in [-0.39, 0.29) is 11.2 Å². The number of carbonyl (C=O) groups excluding carboxylic acids is 1. The highest BCUT2D eigenvalue weighted by Gasteiger charge is 2.28. The zero-order chi connectivity index (χ0) is 21.8. The van der Waals surface area contributed by atoms with Gasteiger partial charge in [-0.2, -0.15) is 0 Å². The second kappa shape index (κ2) is 9.69. The molecule has 0 N–H and O–H groups in total. The van der Waals surface area contributed by atoms with Crippen LogP contribution in [-0.4, -0.2) is 43.9 Å². The number of benzene rings is 2. The Labute approximate surface area is 188 Å². The number of carbonyl (C=O) groups is 1. The van der Waals surface area contributed by atoms with Crippen LogP contribution in [-0.2, 0) is 11.2 Å². The van der Waals surface area contributed by atoms with Crippen molar-refractivity contribution in [2.75, 3.05) is 13.1 Å². The molecule has 2 heterocycles. The van der Waals surface area contributed by atoms with Crippen molar-refractivity contribution in [2.24, 2.45) is 5.92 Å². The maximum absolute atomic E-state index is 13.1. The number of amides is 1. The van der Waals surface area contributed by atoms with Crippen LogP contribution in [0.25, 0.3) is 5.69 Å². The fourth-order valence-corrected chi connectivity index (χ4v) is 5.25. The van der Waals surface area contributed by atoms with Crippen molar-refractivity contribution in [3.63, 3.8) is 0 Å². The highest BCUT2D eigenvalue weighted by atomic mass is 32.2. The molecule has 2 aromatic carbocycles. The molecule has 1 unspecified atom stereocenters. The van der Waals surface area contributed by atoms with Crippen LogP contribution >= 0.6 is 11.8 Å². The Balaban J connectivity index is 1.37. The molecule has 1 amide bonds. The van der Waals surface area contributed by atoms with Crippen molar-refractivity contribution in [1.82, 2.24) is 19.7 Å². The lowest BCUT2D eigenvalue weighted by Crippen LogP contribution is -2.42. The Morgan fingerprint density at radius 2 is 1.81 bits per heavy atom. The standard InChI is InChI=1S/C25H30N4OS/c1-18-8-7-11-23(16-18)29-20(3)26-27-25(29)31-19(2)24(30)28-14-12-22(13-15-28)17-21-9-5-4-6-10-21/h4-11,16,19,22H,12-15,17H2,1-3H3. The molecule has 1 atom stereocenters. The van der Waals surface area contributed by atoms with Crippen molar-refractivity contribution in [3.05, 3.63) is 71.5 Å². The van der Waals surface area contributed by atoms with E-state index in [0.717, 1.165) is 49.0 Å². The minimum Gasteiger partial charge on any atom is -0.342 e. The summed E-state index contributed by atoms with van der Waals surface area (Å²) >= 11 is 1.50. The van der Waals surface area contributed by atoms with Gasteiger partial charge in [0.1, 0.15) is 5.82 Å². The number of nitrogens with zero attached hydrogens (tertiary/aromatic N) is 4. The summed E-state index contributed by atoms with van der Waals surface area (Å²) in [6.07, 6.45) is 3.24. The average Bonchev–Trinajstić information content (AvgIpc) is 3.14. The van der Waals surface area contributed by atoms with E-state index in [1.54, 1.807) is 0 Å². The lowest BCUT2D eigenvalue weighted by molar-refractivity contribution is -0.131. The van der Waals surface area contributed by atoms with Crippen molar-refractivity contribution < 1.29 is 4.79 Å². The number of hydrogen-bond acceptors (Lipinski definition) is 4. The molecular weight excluding hydrogens is 404 g/mol. The second-order valence-corrected chi connectivity index (χ2v) is 9.73. The fraction of sp³-hybridized carbons (Fsp3) is 0.400. The van der Waals surface area contributed by atoms with Crippen LogP contribution in [0.15, 0.2) is 59.8 Å². The van der Waals surface area contributed by atoms with E-state index in [1.807, 2.05) is 29.4 Å². The van der Waals surface area contributed by atoms with Gasteiger partial charge in [0.25, 0.3) is 0 Å². The highest BCUT2D eigenvalue weighted by Crippen LogP contribution is 2.29. The molecule has 6 heteroatoms. The van der Waals surface area contributed by atoms with Gasteiger partial charge >= 0.3 is 0 Å². The summed E-state index contributed by atoms with van der Waals surface area (Å²) in [5, 5.41) is 9.19. The monoisotopic (exact) mass is 434 g/mol. The Kier molecular flexibility index (Phi) is 6.76. The molecule has 5 nitrogen and oxygen atoms in total. The molecule has 0 aliphatic carbocycles. The Bertz CT molecular complexity index is 1030. The van der Waals surface area contributed by atoms with E-state index < -0.39 is 0 Å². The summed E-state index contributed by atoms with van der Waals surface area (Å²) in [6, 6.07) is 18.9. The molecule has 1 aliphatic rings. The van der Waals surface area contributed by atoms with E-state index in [1.165, 1.54) is 22.9 Å². The predicted molar refractivity (Wildman–Crippen MR) is 126 cm³/mol. The smallest absolute Gasteiger partial charge is 0.235 e. The molecule has 1 saturated heterocycles. The summed E-state index contributed by atoms with van der Waals surface area (Å²) in [4.78, 5) is 15.2. The SMILES string of the molecule is Cc1cccc(-n2c(C)nnc2SC(C)C(=O)N2CCC(Cc3ccccc3)CC2)c1. The zero-order valence-corrected chi connectivity index (χ0v) is 19.3. The van der Waals surface area contributed by atoms with E-state index in [9.17, 15) is 4.79 Å².